The van der Waals surface area contributed by atoms with Crippen LogP contribution in [0, 0.1) is 13.8 Å². The number of carbonyl (C=O) groups excluding carboxylic acids is 2. The summed E-state index contributed by atoms with van der Waals surface area (Å²) in [6.45, 7) is 6.07. The molecule has 6 nitrogen and oxygen atoms in total. The van der Waals surface area contributed by atoms with E-state index in [1.807, 2.05) is 26.8 Å². The Labute approximate surface area is 169 Å². The van der Waals surface area contributed by atoms with Gasteiger partial charge in [0, 0.05) is 12.2 Å². The summed E-state index contributed by atoms with van der Waals surface area (Å²) in [5.74, 6) is -0.459. The van der Waals surface area contributed by atoms with Gasteiger partial charge in [-0.25, -0.2) is 4.79 Å². The van der Waals surface area contributed by atoms with Crippen molar-refractivity contribution in [3.8, 4) is 5.75 Å². The Hall–Kier alpha value is -2.57. The third kappa shape index (κ3) is 5.71. The molecule has 0 aliphatic carbocycles. The largest absolute Gasteiger partial charge is 0.496 e. The zero-order valence-electron chi connectivity index (χ0n) is 16.4. The molecule has 0 radical (unpaired) electrons. The standard InChI is InChI=1S/C21H24ClNO5/c1-5-27-11-16-10-15(6-7-18(16)26-4)21(25)28-12-19(24)23-20-14(3)8-13(2)9-17(20)22/h6-10H,5,11-12H2,1-4H3,(H,23,24). The van der Waals surface area contributed by atoms with E-state index in [1.54, 1.807) is 31.4 Å². The highest BCUT2D eigenvalue weighted by Gasteiger charge is 2.15. The van der Waals surface area contributed by atoms with Crippen LogP contribution in [-0.4, -0.2) is 32.2 Å². The summed E-state index contributed by atoms with van der Waals surface area (Å²) >= 11 is 6.18. The molecule has 0 saturated carbocycles. The first-order chi connectivity index (χ1) is 13.3. The molecule has 2 aromatic rings. The van der Waals surface area contributed by atoms with Crippen LogP contribution in [0.25, 0.3) is 0 Å². The maximum absolute atomic E-state index is 12.3. The Morgan fingerprint density at radius 1 is 1.14 bits per heavy atom. The van der Waals surface area contributed by atoms with E-state index in [9.17, 15) is 9.59 Å². The van der Waals surface area contributed by atoms with Crippen LogP contribution in [0.2, 0.25) is 5.02 Å². The molecule has 0 aliphatic rings. The van der Waals surface area contributed by atoms with Gasteiger partial charge < -0.3 is 19.5 Å². The van der Waals surface area contributed by atoms with Crippen molar-refractivity contribution in [2.24, 2.45) is 0 Å². The van der Waals surface area contributed by atoms with Crippen molar-refractivity contribution in [3.05, 3.63) is 57.6 Å². The van der Waals surface area contributed by atoms with Crippen molar-refractivity contribution < 1.29 is 23.8 Å². The predicted octanol–water partition coefficient (Wildman–Crippen LogP) is 4.30. The van der Waals surface area contributed by atoms with E-state index in [0.29, 0.717) is 35.2 Å². The van der Waals surface area contributed by atoms with Crippen LogP contribution < -0.4 is 10.1 Å². The number of hydrogen-bond donors (Lipinski definition) is 1. The molecular formula is C21H24ClNO5. The molecule has 0 saturated heterocycles. The first-order valence-electron chi connectivity index (χ1n) is 8.84. The zero-order chi connectivity index (χ0) is 20.7. The van der Waals surface area contributed by atoms with Crippen LogP contribution >= 0.6 is 11.6 Å². The molecule has 1 amide bonds. The van der Waals surface area contributed by atoms with Gasteiger partial charge in [-0.2, -0.15) is 0 Å². The smallest absolute Gasteiger partial charge is 0.338 e. The number of hydrogen-bond acceptors (Lipinski definition) is 5. The Morgan fingerprint density at radius 2 is 1.89 bits per heavy atom. The highest BCUT2D eigenvalue weighted by Crippen LogP contribution is 2.27. The van der Waals surface area contributed by atoms with Gasteiger partial charge >= 0.3 is 5.97 Å². The molecule has 1 N–H and O–H groups in total. The van der Waals surface area contributed by atoms with Gasteiger partial charge in [-0.1, -0.05) is 17.7 Å². The average molecular weight is 406 g/mol. The van der Waals surface area contributed by atoms with E-state index in [1.165, 1.54) is 0 Å². The van der Waals surface area contributed by atoms with E-state index in [0.717, 1.165) is 16.7 Å². The van der Waals surface area contributed by atoms with E-state index in [-0.39, 0.29) is 0 Å². The average Bonchev–Trinajstić information content (AvgIpc) is 2.66. The molecule has 0 unspecified atom stereocenters. The minimum atomic E-state index is -0.609. The van der Waals surface area contributed by atoms with Gasteiger partial charge in [-0.05, 0) is 56.2 Å². The Bertz CT molecular complexity index is 843. The second-order valence-electron chi connectivity index (χ2n) is 6.23. The van der Waals surface area contributed by atoms with Crippen LogP contribution in [0.4, 0.5) is 5.69 Å². The Balaban J connectivity index is 2.01. The van der Waals surface area contributed by atoms with E-state index >= 15 is 0 Å². The molecule has 2 rings (SSSR count). The number of rotatable bonds is 8. The zero-order valence-corrected chi connectivity index (χ0v) is 17.2. The maximum Gasteiger partial charge on any atom is 0.338 e. The lowest BCUT2D eigenvalue weighted by atomic mass is 10.1. The lowest BCUT2D eigenvalue weighted by Gasteiger charge is -2.13. The van der Waals surface area contributed by atoms with Gasteiger partial charge in [0.15, 0.2) is 6.61 Å². The Morgan fingerprint density at radius 3 is 2.54 bits per heavy atom. The molecule has 0 bridgehead atoms. The molecule has 0 spiro atoms. The lowest BCUT2D eigenvalue weighted by Crippen LogP contribution is -2.21. The minimum absolute atomic E-state index is 0.312. The number of aryl methyl sites for hydroxylation is 2. The van der Waals surface area contributed by atoms with Crippen molar-refractivity contribution in [1.82, 2.24) is 0 Å². The number of benzene rings is 2. The molecule has 7 heteroatoms. The number of ether oxygens (including phenoxy) is 3. The number of amides is 1. The number of halogens is 1. The summed E-state index contributed by atoms with van der Waals surface area (Å²) < 4.78 is 15.8. The third-order valence-corrected chi connectivity index (χ3v) is 4.31. The quantitative estimate of drug-likeness (QED) is 0.663. The summed E-state index contributed by atoms with van der Waals surface area (Å²) in [4.78, 5) is 24.5. The molecule has 0 aromatic heterocycles. The van der Waals surface area contributed by atoms with Crippen molar-refractivity contribution in [3.63, 3.8) is 0 Å². The SMILES string of the molecule is CCOCc1cc(C(=O)OCC(=O)Nc2c(C)cc(C)cc2Cl)ccc1OC. The maximum atomic E-state index is 12.3. The molecular weight excluding hydrogens is 382 g/mol. The summed E-state index contributed by atoms with van der Waals surface area (Å²) in [5.41, 5.74) is 3.38. The number of nitrogens with one attached hydrogen (secondary N) is 1. The fourth-order valence-electron chi connectivity index (χ4n) is 2.69. The summed E-state index contributed by atoms with van der Waals surface area (Å²) in [6, 6.07) is 8.55. The van der Waals surface area contributed by atoms with E-state index < -0.39 is 18.5 Å². The predicted molar refractivity (Wildman–Crippen MR) is 108 cm³/mol. The first kappa shape index (κ1) is 21.7. The van der Waals surface area contributed by atoms with Crippen LogP contribution in [-0.2, 0) is 20.9 Å². The molecule has 0 heterocycles. The lowest BCUT2D eigenvalue weighted by molar-refractivity contribution is -0.119. The van der Waals surface area contributed by atoms with Gasteiger partial charge in [0.2, 0.25) is 0 Å². The van der Waals surface area contributed by atoms with Gasteiger partial charge in [0.1, 0.15) is 5.75 Å². The highest BCUT2D eigenvalue weighted by atomic mass is 35.5. The molecule has 0 atom stereocenters. The molecule has 2 aromatic carbocycles. The number of anilines is 1. The van der Waals surface area contributed by atoms with Crippen molar-refractivity contribution in [2.75, 3.05) is 25.6 Å². The third-order valence-electron chi connectivity index (χ3n) is 4.01. The second-order valence-corrected chi connectivity index (χ2v) is 6.63. The van der Waals surface area contributed by atoms with Gasteiger partial charge in [0.05, 0.1) is 30.0 Å². The molecule has 0 fully saturated rings. The van der Waals surface area contributed by atoms with Gasteiger partial charge in [-0.15, -0.1) is 0 Å². The summed E-state index contributed by atoms with van der Waals surface area (Å²) in [7, 11) is 1.55. The van der Waals surface area contributed by atoms with Crippen molar-refractivity contribution in [2.45, 2.75) is 27.4 Å². The Kier molecular flexibility index (Phi) is 7.84. The van der Waals surface area contributed by atoms with Crippen LogP contribution in [0.3, 0.4) is 0 Å². The van der Waals surface area contributed by atoms with Gasteiger partial charge in [0.25, 0.3) is 5.91 Å². The monoisotopic (exact) mass is 405 g/mol. The minimum Gasteiger partial charge on any atom is -0.496 e. The normalized spacial score (nSPS) is 10.5. The summed E-state index contributed by atoms with van der Waals surface area (Å²) in [5, 5.41) is 3.12. The fraction of sp³-hybridized carbons (Fsp3) is 0.333. The fourth-order valence-corrected chi connectivity index (χ4v) is 3.06. The molecule has 28 heavy (non-hydrogen) atoms. The van der Waals surface area contributed by atoms with Crippen LogP contribution in [0.15, 0.2) is 30.3 Å². The molecule has 0 aliphatic heterocycles. The molecule has 150 valence electrons. The van der Waals surface area contributed by atoms with E-state index in [2.05, 4.69) is 5.32 Å². The van der Waals surface area contributed by atoms with Crippen molar-refractivity contribution in [1.29, 1.82) is 0 Å². The van der Waals surface area contributed by atoms with Crippen LogP contribution in [0.5, 0.6) is 5.75 Å². The van der Waals surface area contributed by atoms with Crippen LogP contribution in [0.1, 0.15) is 34.0 Å². The number of esters is 1. The van der Waals surface area contributed by atoms with Gasteiger partial charge in [-0.3, -0.25) is 4.79 Å². The summed E-state index contributed by atoms with van der Waals surface area (Å²) in [6.07, 6.45) is 0. The number of methoxy groups -OCH3 is 1. The first-order valence-corrected chi connectivity index (χ1v) is 9.21. The van der Waals surface area contributed by atoms with E-state index in [4.69, 9.17) is 25.8 Å². The number of carbonyl (C=O) groups is 2. The topological polar surface area (TPSA) is 73.9 Å². The van der Waals surface area contributed by atoms with Crippen molar-refractivity contribution >= 4 is 29.2 Å². The highest BCUT2D eigenvalue weighted by molar-refractivity contribution is 6.34. The second kappa shape index (κ2) is 10.1.